The number of para-hydroxylation sites is 1. The maximum absolute atomic E-state index is 6.48. The molecule has 1 unspecified atom stereocenters. The van der Waals surface area contributed by atoms with Gasteiger partial charge in [0.05, 0.1) is 5.56 Å². The van der Waals surface area contributed by atoms with E-state index >= 15 is 0 Å². The van der Waals surface area contributed by atoms with E-state index in [1.54, 1.807) is 0 Å². The molecule has 1 aromatic heterocycles. The number of nitrogen functional groups attached to an aromatic ring is 1. The molecule has 216 valence electrons. The van der Waals surface area contributed by atoms with Crippen LogP contribution in [-0.4, -0.2) is 11.7 Å². The fourth-order valence-electron chi connectivity index (χ4n) is 6.18. The normalized spacial score (nSPS) is 15.2. The molecule has 0 radical (unpaired) electrons. The van der Waals surface area contributed by atoms with Gasteiger partial charge in [0.1, 0.15) is 17.3 Å². The summed E-state index contributed by atoms with van der Waals surface area (Å²) in [6.07, 6.45) is 1.58. The number of fused-ring (bicyclic) bond motifs is 3. The Hall–Kier alpha value is -5.94. The Morgan fingerprint density at radius 3 is 2.04 bits per heavy atom. The maximum atomic E-state index is 6.48. The van der Waals surface area contributed by atoms with Gasteiger partial charge in [0, 0.05) is 16.5 Å². The molecule has 3 N–H and O–H groups in total. The fraction of sp³-hybridized carbons (Fsp3) is 0.0500. The van der Waals surface area contributed by atoms with Crippen molar-refractivity contribution >= 4 is 55.6 Å². The Labute approximate surface area is 261 Å². The molecule has 0 amide bonds. The average Bonchev–Trinajstić information content (AvgIpc) is 3.43. The summed E-state index contributed by atoms with van der Waals surface area (Å²) in [5.74, 6) is 1.80. The molecule has 0 spiro atoms. The second-order valence-electron chi connectivity index (χ2n) is 11.2. The first-order valence-corrected chi connectivity index (χ1v) is 15.1. The Morgan fingerprint density at radius 2 is 1.29 bits per heavy atom. The monoisotopic (exact) mass is 582 g/mol. The number of nitrogens with zero attached hydrogens (tertiary/aromatic N) is 2. The van der Waals surface area contributed by atoms with Gasteiger partial charge in [-0.1, -0.05) is 121 Å². The minimum Gasteiger partial charge on any atom is -0.440 e. The van der Waals surface area contributed by atoms with E-state index in [9.17, 15) is 0 Å². The first-order valence-electron chi connectivity index (χ1n) is 15.1. The summed E-state index contributed by atoms with van der Waals surface area (Å²) in [4.78, 5) is 10.3. The van der Waals surface area contributed by atoms with Crippen LogP contribution in [0.25, 0.3) is 49.2 Å². The summed E-state index contributed by atoms with van der Waals surface area (Å²) in [5.41, 5.74) is 13.2. The topological polar surface area (TPSA) is 75.9 Å². The minimum absolute atomic E-state index is 0.361. The van der Waals surface area contributed by atoms with Crippen molar-refractivity contribution in [2.75, 3.05) is 5.73 Å². The van der Waals surface area contributed by atoms with Gasteiger partial charge >= 0.3 is 0 Å². The molecule has 6 aromatic carbocycles. The Kier molecular flexibility index (Phi) is 6.50. The van der Waals surface area contributed by atoms with Gasteiger partial charge in [0.25, 0.3) is 0 Å². The number of furan rings is 1. The first-order chi connectivity index (χ1) is 22.1. The summed E-state index contributed by atoms with van der Waals surface area (Å²) in [6, 6.07) is 46.2. The zero-order chi connectivity index (χ0) is 30.3. The third-order valence-corrected chi connectivity index (χ3v) is 8.49. The van der Waals surface area contributed by atoms with E-state index in [1.807, 2.05) is 37.3 Å². The summed E-state index contributed by atoms with van der Waals surface area (Å²) < 4.78 is 5.95. The van der Waals surface area contributed by atoms with E-state index in [-0.39, 0.29) is 0 Å². The zero-order valence-electron chi connectivity index (χ0n) is 24.7. The highest BCUT2D eigenvalue weighted by Gasteiger charge is 2.26. The number of hydrogen-bond donors (Lipinski definition) is 2. The molecular weight excluding hydrogens is 552 g/mol. The largest absolute Gasteiger partial charge is 0.440 e. The number of nitrogens with two attached hydrogens (primary N) is 1. The van der Waals surface area contributed by atoms with Gasteiger partial charge in [-0.2, -0.15) is 0 Å². The lowest BCUT2D eigenvalue weighted by Gasteiger charge is -2.24. The van der Waals surface area contributed by atoms with Crippen LogP contribution >= 0.6 is 0 Å². The second kappa shape index (κ2) is 11.0. The van der Waals surface area contributed by atoms with Crippen LogP contribution in [0.3, 0.4) is 0 Å². The van der Waals surface area contributed by atoms with E-state index < -0.39 is 6.17 Å². The molecule has 1 aliphatic rings. The van der Waals surface area contributed by atoms with Crippen LogP contribution in [0.5, 0.6) is 0 Å². The molecule has 0 bridgehead atoms. The Morgan fingerprint density at radius 1 is 0.667 bits per heavy atom. The highest BCUT2D eigenvalue weighted by molar-refractivity contribution is 6.32. The molecule has 0 aliphatic carbocycles. The smallest absolute Gasteiger partial charge is 0.199 e. The lowest BCUT2D eigenvalue weighted by molar-refractivity contribution is 0.636. The van der Waals surface area contributed by atoms with Gasteiger partial charge in [-0.05, 0) is 63.4 Å². The summed E-state index contributed by atoms with van der Waals surface area (Å²) in [5, 5.41) is 9.29. The number of amidine groups is 2. The van der Waals surface area contributed by atoms with Gasteiger partial charge in [-0.25, -0.2) is 9.98 Å². The van der Waals surface area contributed by atoms with Crippen LogP contribution in [0.2, 0.25) is 0 Å². The van der Waals surface area contributed by atoms with Crippen molar-refractivity contribution in [1.82, 2.24) is 5.32 Å². The molecule has 0 saturated carbocycles. The standard InChI is InChI=1S/C40H30N4O/c1-2-33(36-34-13-7-8-14-35(34)45-37(36)41)40-43-38(42-39(44-40)32-22-18-26-10-4-6-12-30(26)24-32)28-19-15-27(16-20-28)31-21-17-25-9-3-5-11-29(25)23-31/h2-24,39H,41H2,1H3,(H,42,43,44)/b33-2+. The first kappa shape index (κ1) is 26.7. The Bertz CT molecular complexity index is 2330. The number of aliphatic imine (C=N–C) groups is 2. The molecule has 1 atom stereocenters. The number of nitrogens with one attached hydrogen (secondary N) is 1. The molecule has 5 heteroatoms. The van der Waals surface area contributed by atoms with Crippen molar-refractivity contribution < 1.29 is 4.42 Å². The zero-order valence-corrected chi connectivity index (χ0v) is 24.7. The number of hydrogen-bond acceptors (Lipinski definition) is 5. The summed E-state index contributed by atoms with van der Waals surface area (Å²) in [6.45, 7) is 2.00. The van der Waals surface area contributed by atoms with E-state index in [4.69, 9.17) is 20.1 Å². The van der Waals surface area contributed by atoms with Gasteiger partial charge in [-0.3, -0.25) is 0 Å². The van der Waals surface area contributed by atoms with E-state index in [0.29, 0.717) is 11.7 Å². The predicted octanol–water partition coefficient (Wildman–Crippen LogP) is 9.54. The number of anilines is 1. The van der Waals surface area contributed by atoms with Crippen molar-refractivity contribution in [3.63, 3.8) is 0 Å². The highest BCUT2D eigenvalue weighted by atomic mass is 16.3. The third kappa shape index (κ3) is 4.85. The summed E-state index contributed by atoms with van der Waals surface area (Å²) >= 11 is 0. The van der Waals surface area contributed by atoms with Crippen LogP contribution in [-0.2, 0) is 0 Å². The minimum atomic E-state index is -0.449. The molecule has 1 aliphatic heterocycles. The SMILES string of the molecule is C/C=C(/C1=NC(c2ccc3ccccc3c2)N=C(c2ccc(-c3ccc4ccccc4c3)cc2)N1)c1c(N)oc2ccccc12. The van der Waals surface area contributed by atoms with E-state index in [2.05, 4.69) is 115 Å². The molecule has 2 heterocycles. The number of allylic oxidation sites excluding steroid dienone is 1. The lowest BCUT2D eigenvalue weighted by Crippen LogP contribution is -2.36. The molecule has 8 rings (SSSR count). The van der Waals surface area contributed by atoms with Crippen molar-refractivity contribution in [2.24, 2.45) is 9.98 Å². The van der Waals surface area contributed by atoms with Crippen LogP contribution < -0.4 is 11.1 Å². The molecule has 0 fully saturated rings. The molecule has 0 saturated heterocycles. The van der Waals surface area contributed by atoms with E-state index in [0.717, 1.165) is 50.0 Å². The number of benzene rings is 6. The van der Waals surface area contributed by atoms with Crippen LogP contribution in [0.4, 0.5) is 5.88 Å². The van der Waals surface area contributed by atoms with Crippen LogP contribution in [0, 0.1) is 0 Å². The molecular formula is C40H30N4O. The number of rotatable bonds is 5. The molecule has 45 heavy (non-hydrogen) atoms. The summed E-state index contributed by atoms with van der Waals surface area (Å²) in [7, 11) is 0. The second-order valence-corrected chi connectivity index (χ2v) is 11.2. The van der Waals surface area contributed by atoms with Crippen molar-refractivity contribution in [1.29, 1.82) is 0 Å². The van der Waals surface area contributed by atoms with Gasteiger partial charge < -0.3 is 15.5 Å². The average molecular weight is 583 g/mol. The van der Waals surface area contributed by atoms with Gasteiger partial charge in [0.2, 0.25) is 0 Å². The lowest BCUT2D eigenvalue weighted by atomic mass is 9.99. The Balaban J connectivity index is 1.21. The quantitative estimate of drug-likeness (QED) is 0.212. The molecule has 7 aromatic rings. The van der Waals surface area contributed by atoms with Gasteiger partial charge in [0.15, 0.2) is 12.0 Å². The van der Waals surface area contributed by atoms with Crippen molar-refractivity contribution in [3.8, 4) is 11.1 Å². The maximum Gasteiger partial charge on any atom is 0.199 e. The third-order valence-electron chi connectivity index (χ3n) is 8.49. The van der Waals surface area contributed by atoms with Crippen molar-refractivity contribution in [3.05, 3.63) is 156 Å². The fourth-order valence-corrected chi connectivity index (χ4v) is 6.18. The molecule has 5 nitrogen and oxygen atoms in total. The highest BCUT2D eigenvalue weighted by Crippen LogP contribution is 2.36. The van der Waals surface area contributed by atoms with Crippen LogP contribution in [0.15, 0.2) is 154 Å². The van der Waals surface area contributed by atoms with Crippen molar-refractivity contribution in [2.45, 2.75) is 13.1 Å². The van der Waals surface area contributed by atoms with Gasteiger partial charge in [-0.15, -0.1) is 0 Å². The van der Waals surface area contributed by atoms with E-state index in [1.165, 1.54) is 21.7 Å². The van der Waals surface area contributed by atoms with Crippen LogP contribution in [0.1, 0.15) is 29.8 Å². The predicted molar refractivity (Wildman–Crippen MR) is 187 cm³/mol.